The van der Waals surface area contributed by atoms with Gasteiger partial charge in [0.15, 0.2) is 0 Å². The minimum atomic E-state index is -4.70. The second-order valence-electron chi connectivity index (χ2n) is 8.69. The average Bonchev–Trinajstić information content (AvgIpc) is 3.10. The molecule has 1 aromatic carbocycles. The normalized spacial score (nSPS) is 25.0. The van der Waals surface area contributed by atoms with Gasteiger partial charge < -0.3 is 10.1 Å². The summed E-state index contributed by atoms with van der Waals surface area (Å²) in [5, 5.41) is 6.27. The van der Waals surface area contributed by atoms with E-state index in [1.54, 1.807) is 18.3 Å². The van der Waals surface area contributed by atoms with E-state index in [1.165, 1.54) is 12.1 Å². The van der Waals surface area contributed by atoms with Crippen LogP contribution in [0.4, 0.5) is 23.4 Å². The van der Waals surface area contributed by atoms with Crippen molar-refractivity contribution in [2.24, 2.45) is 23.7 Å². The summed E-state index contributed by atoms with van der Waals surface area (Å²) in [7, 11) is 0. The van der Waals surface area contributed by atoms with Crippen molar-refractivity contribution in [2.75, 3.05) is 5.32 Å². The number of carbonyl (C=O) groups excluding carboxylic acids is 1. The number of pyridine rings is 1. The maximum absolute atomic E-state index is 13.7. The monoisotopic (exact) mass is 462 g/mol. The van der Waals surface area contributed by atoms with Gasteiger partial charge in [0, 0.05) is 23.6 Å². The number of alkyl halides is 3. The van der Waals surface area contributed by atoms with E-state index in [0.29, 0.717) is 23.1 Å². The number of aromatic nitrogens is 3. The van der Waals surface area contributed by atoms with Gasteiger partial charge in [0.1, 0.15) is 17.4 Å². The number of fused-ring (bicyclic) bond motifs is 2. The minimum Gasteiger partial charge on any atom is -0.490 e. The molecule has 0 bridgehead atoms. The molecule has 1 unspecified atom stereocenters. The minimum absolute atomic E-state index is 0.0580. The van der Waals surface area contributed by atoms with Crippen molar-refractivity contribution in [2.45, 2.75) is 38.6 Å². The number of carbonyl (C=O) groups is 1. The quantitative estimate of drug-likeness (QED) is 0.517. The van der Waals surface area contributed by atoms with Crippen LogP contribution in [0.15, 0.2) is 42.7 Å². The Balaban J connectivity index is 1.23. The molecule has 33 heavy (non-hydrogen) atoms. The third-order valence-corrected chi connectivity index (χ3v) is 6.80. The highest BCUT2D eigenvalue weighted by molar-refractivity contribution is 5.92. The Bertz CT molecular complexity index is 1180. The fraction of sp³-hybridized carbons (Fsp3) is 0.435. The Hall–Kier alpha value is -3.17. The number of hydrogen-bond donors (Lipinski definition) is 1. The van der Waals surface area contributed by atoms with Crippen LogP contribution in [-0.2, 0) is 11.1 Å². The summed E-state index contributed by atoms with van der Waals surface area (Å²) in [6, 6.07) is 7.22. The Morgan fingerprint density at radius 3 is 2.67 bits per heavy atom. The lowest BCUT2D eigenvalue weighted by Crippen LogP contribution is -2.30. The molecular formula is C23H22F4N4O2. The summed E-state index contributed by atoms with van der Waals surface area (Å²) in [6.45, 7) is 1.87. The molecule has 1 amide bonds. The smallest absolute Gasteiger partial charge is 0.490 e. The Morgan fingerprint density at radius 1 is 1.21 bits per heavy atom. The number of benzene rings is 1. The highest BCUT2D eigenvalue weighted by atomic mass is 19.4. The molecule has 0 spiro atoms. The molecule has 0 aliphatic heterocycles. The topological polar surface area (TPSA) is 69.0 Å². The van der Waals surface area contributed by atoms with Crippen LogP contribution in [0, 0.1) is 29.5 Å². The van der Waals surface area contributed by atoms with Gasteiger partial charge in [-0.15, -0.1) is 13.2 Å². The van der Waals surface area contributed by atoms with E-state index in [4.69, 9.17) is 4.74 Å². The molecule has 1 N–H and O–H groups in total. The molecule has 10 heteroatoms. The van der Waals surface area contributed by atoms with Gasteiger partial charge in [-0.3, -0.25) is 9.78 Å². The molecule has 0 radical (unpaired) electrons. The molecule has 2 saturated carbocycles. The van der Waals surface area contributed by atoms with Crippen molar-refractivity contribution < 1.29 is 27.1 Å². The van der Waals surface area contributed by atoms with E-state index in [0.717, 1.165) is 25.1 Å². The van der Waals surface area contributed by atoms with Crippen LogP contribution in [0.25, 0.3) is 10.9 Å². The number of rotatable bonds is 6. The van der Waals surface area contributed by atoms with E-state index < -0.39 is 12.2 Å². The molecule has 174 valence electrons. The highest BCUT2D eigenvalue weighted by Gasteiger charge is 2.60. The van der Waals surface area contributed by atoms with Gasteiger partial charge in [-0.2, -0.15) is 9.78 Å². The summed E-state index contributed by atoms with van der Waals surface area (Å²) < 4.78 is 58.8. The summed E-state index contributed by atoms with van der Waals surface area (Å²) in [5.74, 6) is -0.292. The molecule has 2 heterocycles. The van der Waals surface area contributed by atoms with Gasteiger partial charge >= 0.3 is 6.30 Å². The summed E-state index contributed by atoms with van der Waals surface area (Å²) in [5.41, 5.74) is 0.649. The number of ether oxygens (including phenoxy) is 1. The predicted molar refractivity (Wildman–Crippen MR) is 112 cm³/mol. The molecule has 2 aromatic heterocycles. The molecule has 5 atom stereocenters. The lowest BCUT2D eigenvalue weighted by molar-refractivity contribution is -0.210. The zero-order valence-corrected chi connectivity index (χ0v) is 17.7. The zero-order valence-electron chi connectivity index (χ0n) is 17.7. The lowest BCUT2D eigenvalue weighted by Gasteiger charge is -2.21. The molecule has 3 aromatic rings. The van der Waals surface area contributed by atoms with E-state index >= 15 is 0 Å². The predicted octanol–water partition coefficient (Wildman–Crippen LogP) is 5.12. The number of amides is 1. The number of nitrogens with zero attached hydrogens (tertiary/aromatic N) is 3. The first-order chi connectivity index (χ1) is 15.8. The molecule has 6 nitrogen and oxygen atoms in total. The lowest BCUT2D eigenvalue weighted by atomic mass is 9.93. The molecule has 2 fully saturated rings. The number of anilines is 1. The number of halogens is 4. The van der Waals surface area contributed by atoms with Crippen LogP contribution in [0.1, 0.15) is 26.2 Å². The third kappa shape index (κ3) is 4.02. The second-order valence-corrected chi connectivity index (χ2v) is 8.69. The van der Waals surface area contributed by atoms with Crippen molar-refractivity contribution in [1.82, 2.24) is 14.8 Å². The van der Waals surface area contributed by atoms with Crippen LogP contribution < -0.4 is 10.1 Å². The van der Waals surface area contributed by atoms with Crippen molar-refractivity contribution in [3.8, 4) is 5.75 Å². The molecule has 2 aliphatic rings. The molecule has 2 aliphatic carbocycles. The van der Waals surface area contributed by atoms with Crippen molar-refractivity contribution >= 4 is 22.6 Å². The fourth-order valence-electron chi connectivity index (χ4n) is 5.36. The van der Waals surface area contributed by atoms with E-state index in [1.807, 2.05) is 6.92 Å². The van der Waals surface area contributed by atoms with E-state index in [2.05, 4.69) is 15.4 Å². The Labute approximate surface area is 186 Å². The average molecular weight is 462 g/mol. The van der Waals surface area contributed by atoms with Gasteiger partial charge in [-0.1, -0.05) is 6.92 Å². The van der Waals surface area contributed by atoms with E-state index in [9.17, 15) is 22.4 Å². The summed E-state index contributed by atoms with van der Waals surface area (Å²) >= 11 is 0. The maximum Gasteiger partial charge on any atom is 0.506 e. The van der Waals surface area contributed by atoms with Gasteiger partial charge in [-0.05, 0) is 61.3 Å². The number of nitrogens with one attached hydrogen (secondary N) is 1. The van der Waals surface area contributed by atoms with Crippen LogP contribution >= 0.6 is 0 Å². The van der Waals surface area contributed by atoms with Crippen LogP contribution in [0.2, 0.25) is 0 Å². The van der Waals surface area contributed by atoms with Gasteiger partial charge in [0.2, 0.25) is 5.91 Å². The third-order valence-electron chi connectivity index (χ3n) is 6.80. The van der Waals surface area contributed by atoms with Crippen LogP contribution in [-0.4, -0.2) is 26.8 Å². The van der Waals surface area contributed by atoms with Crippen molar-refractivity contribution in [1.29, 1.82) is 0 Å². The van der Waals surface area contributed by atoms with Gasteiger partial charge in [-0.25, -0.2) is 4.39 Å². The van der Waals surface area contributed by atoms with Crippen LogP contribution in [0.5, 0.6) is 5.75 Å². The molecule has 0 saturated heterocycles. The first-order valence-electron chi connectivity index (χ1n) is 10.9. The maximum atomic E-state index is 13.7. The highest BCUT2D eigenvalue weighted by Crippen LogP contribution is 2.62. The molecular weight excluding hydrogens is 440 g/mol. The zero-order chi connectivity index (χ0) is 23.3. The SMILES string of the molecule is CCC(C(=O)Nc1ccnn1C(F)(F)F)[C@H]1[C@@H]2C[C@H](Oc3ccnc4ccc(F)cc34)C[C@@H]21. The van der Waals surface area contributed by atoms with Crippen molar-refractivity contribution in [3.63, 3.8) is 0 Å². The van der Waals surface area contributed by atoms with Gasteiger partial charge in [0.05, 0.1) is 17.8 Å². The van der Waals surface area contributed by atoms with Gasteiger partial charge in [0.25, 0.3) is 0 Å². The first kappa shape index (κ1) is 21.7. The number of hydrogen-bond acceptors (Lipinski definition) is 4. The Morgan fingerprint density at radius 2 is 1.97 bits per heavy atom. The van der Waals surface area contributed by atoms with Crippen molar-refractivity contribution in [3.05, 3.63) is 48.5 Å². The summed E-state index contributed by atoms with van der Waals surface area (Å²) in [4.78, 5) is 17.0. The first-order valence-corrected chi connectivity index (χ1v) is 10.9. The second kappa shape index (κ2) is 8.00. The van der Waals surface area contributed by atoms with Crippen LogP contribution in [0.3, 0.4) is 0 Å². The summed E-state index contributed by atoms with van der Waals surface area (Å²) in [6.07, 6.45) is -0.101. The standard InChI is InChI=1S/C23H22F4N4O2/c1-2-14(22(32)30-20-6-8-29-31(20)23(25,26)27)21-15-10-13(11-16(15)21)33-19-5-7-28-18-4-3-12(24)9-17(18)19/h3-9,13-16,21H,2,10-11H2,1H3,(H,30,32)/t13-,14?,15+,16-,21-. The Kier molecular flexibility index (Phi) is 5.25. The van der Waals surface area contributed by atoms with E-state index in [-0.39, 0.29) is 46.1 Å². The largest absolute Gasteiger partial charge is 0.506 e. The molecule has 5 rings (SSSR count). The fourth-order valence-corrected chi connectivity index (χ4v) is 5.36.